The van der Waals surface area contributed by atoms with Gasteiger partial charge in [0.25, 0.3) is 11.1 Å². The Bertz CT molecular complexity index is 714. The molecule has 0 aromatic heterocycles. The molecule has 3 rings (SSSR count). The molecule has 0 bridgehead atoms. The van der Waals surface area contributed by atoms with Crippen LogP contribution < -0.4 is 0 Å². The minimum atomic E-state index is -0.420. The largest absolute Gasteiger partial charge is 0.395 e. The van der Waals surface area contributed by atoms with E-state index in [1.807, 2.05) is 30.3 Å². The van der Waals surface area contributed by atoms with Gasteiger partial charge in [0.15, 0.2) is 0 Å². The van der Waals surface area contributed by atoms with Gasteiger partial charge in [-0.2, -0.15) is 0 Å². The Morgan fingerprint density at radius 1 is 1.12 bits per heavy atom. The molecule has 26 heavy (non-hydrogen) atoms. The maximum absolute atomic E-state index is 12.5. The van der Waals surface area contributed by atoms with Gasteiger partial charge in [0.2, 0.25) is 5.91 Å². The molecule has 0 unspecified atom stereocenters. The number of benzene rings is 1. The maximum atomic E-state index is 12.5. The lowest BCUT2D eigenvalue weighted by molar-refractivity contribution is -0.137. The molecule has 2 aliphatic rings. The van der Waals surface area contributed by atoms with Crippen LogP contribution in [0, 0.1) is 0 Å². The van der Waals surface area contributed by atoms with Gasteiger partial charge in [-0.1, -0.05) is 30.3 Å². The second-order valence-electron chi connectivity index (χ2n) is 6.12. The number of aliphatic hydroxyl groups excluding tert-OH is 1. The van der Waals surface area contributed by atoms with Crippen LogP contribution in [0.5, 0.6) is 0 Å². The van der Waals surface area contributed by atoms with E-state index < -0.39 is 11.1 Å². The molecule has 0 saturated carbocycles. The van der Waals surface area contributed by atoms with Crippen molar-refractivity contribution in [3.05, 3.63) is 40.8 Å². The van der Waals surface area contributed by atoms with Gasteiger partial charge in [0.1, 0.15) is 6.54 Å². The van der Waals surface area contributed by atoms with E-state index in [4.69, 9.17) is 5.11 Å². The predicted octanol–water partition coefficient (Wildman–Crippen LogP) is 0.859. The highest BCUT2D eigenvalue weighted by atomic mass is 32.2. The van der Waals surface area contributed by atoms with Gasteiger partial charge in [-0.25, -0.2) is 0 Å². The molecule has 3 amide bonds. The van der Waals surface area contributed by atoms with Crippen molar-refractivity contribution in [2.24, 2.45) is 0 Å². The molecule has 0 atom stereocenters. The van der Waals surface area contributed by atoms with E-state index in [0.717, 1.165) is 22.2 Å². The number of carbonyl (C=O) groups is 3. The van der Waals surface area contributed by atoms with Gasteiger partial charge in [0, 0.05) is 32.7 Å². The number of imide groups is 1. The fourth-order valence-electron chi connectivity index (χ4n) is 2.93. The van der Waals surface area contributed by atoms with Crippen LogP contribution in [-0.2, 0) is 9.59 Å². The molecule has 8 heteroatoms. The Morgan fingerprint density at radius 3 is 2.46 bits per heavy atom. The quantitative estimate of drug-likeness (QED) is 0.769. The molecule has 1 aromatic rings. The SMILES string of the molecule is O=C(CN1C(=O)S/C(=C\c2ccccc2)C1=O)N1CCN(CCO)CC1. The average molecular weight is 375 g/mol. The summed E-state index contributed by atoms with van der Waals surface area (Å²) in [7, 11) is 0. The van der Waals surface area contributed by atoms with Crippen molar-refractivity contribution in [2.75, 3.05) is 45.9 Å². The van der Waals surface area contributed by atoms with E-state index in [1.165, 1.54) is 0 Å². The minimum absolute atomic E-state index is 0.0957. The molecule has 0 aliphatic carbocycles. The molecular weight excluding hydrogens is 354 g/mol. The van der Waals surface area contributed by atoms with Gasteiger partial charge < -0.3 is 10.0 Å². The second-order valence-corrected chi connectivity index (χ2v) is 7.12. The van der Waals surface area contributed by atoms with Crippen LogP contribution in [0.3, 0.4) is 0 Å². The number of hydrogen-bond acceptors (Lipinski definition) is 6. The van der Waals surface area contributed by atoms with Gasteiger partial charge in [-0.15, -0.1) is 0 Å². The van der Waals surface area contributed by atoms with Crippen molar-refractivity contribution < 1.29 is 19.5 Å². The lowest BCUT2D eigenvalue weighted by Crippen LogP contribution is -2.52. The van der Waals surface area contributed by atoms with Gasteiger partial charge in [-0.3, -0.25) is 24.2 Å². The summed E-state index contributed by atoms with van der Waals surface area (Å²) in [6.45, 7) is 2.90. The summed E-state index contributed by atoms with van der Waals surface area (Å²) in [5.74, 6) is -0.645. The van der Waals surface area contributed by atoms with E-state index in [1.54, 1.807) is 11.0 Å². The summed E-state index contributed by atoms with van der Waals surface area (Å²) in [5, 5.41) is 8.55. The Kier molecular flexibility index (Phi) is 6.08. The Morgan fingerprint density at radius 2 is 1.81 bits per heavy atom. The first-order valence-corrected chi connectivity index (χ1v) is 9.31. The first-order chi connectivity index (χ1) is 12.6. The number of aliphatic hydroxyl groups is 1. The summed E-state index contributed by atoms with van der Waals surface area (Å²) < 4.78 is 0. The highest BCUT2D eigenvalue weighted by Gasteiger charge is 2.37. The normalized spacial score (nSPS) is 20.3. The first-order valence-electron chi connectivity index (χ1n) is 8.50. The number of nitrogens with zero attached hydrogens (tertiary/aromatic N) is 3. The van der Waals surface area contributed by atoms with E-state index >= 15 is 0 Å². The highest BCUT2D eigenvalue weighted by Crippen LogP contribution is 2.32. The molecule has 7 nitrogen and oxygen atoms in total. The third kappa shape index (κ3) is 4.32. The zero-order valence-electron chi connectivity index (χ0n) is 14.3. The topological polar surface area (TPSA) is 81.2 Å². The monoisotopic (exact) mass is 375 g/mol. The summed E-state index contributed by atoms with van der Waals surface area (Å²) in [6, 6.07) is 9.30. The van der Waals surface area contributed by atoms with E-state index in [-0.39, 0.29) is 19.1 Å². The van der Waals surface area contributed by atoms with Crippen LogP contribution in [0.1, 0.15) is 5.56 Å². The number of carbonyl (C=O) groups excluding carboxylic acids is 3. The van der Waals surface area contributed by atoms with Crippen LogP contribution in [0.2, 0.25) is 0 Å². The summed E-state index contributed by atoms with van der Waals surface area (Å²) in [4.78, 5) is 42.2. The fourth-order valence-corrected chi connectivity index (χ4v) is 3.77. The van der Waals surface area contributed by atoms with Crippen molar-refractivity contribution in [2.45, 2.75) is 0 Å². The summed E-state index contributed by atoms with van der Waals surface area (Å²) in [6.07, 6.45) is 1.67. The Balaban J connectivity index is 1.60. The zero-order valence-corrected chi connectivity index (χ0v) is 15.2. The van der Waals surface area contributed by atoms with Crippen molar-refractivity contribution in [3.63, 3.8) is 0 Å². The predicted molar refractivity (Wildman–Crippen MR) is 99.2 cm³/mol. The van der Waals surface area contributed by atoms with Crippen molar-refractivity contribution >= 4 is 34.9 Å². The molecule has 2 heterocycles. The minimum Gasteiger partial charge on any atom is -0.395 e. The molecule has 2 saturated heterocycles. The molecule has 138 valence electrons. The molecule has 1 N–H and O–H groups in total. The van der Waals surface area contributed by atoms with Crippen molar-refractivity contribution in [1.29, 1.82) is 0 Å². The smallest absolute Gasteiger partial charge is 0.294 e. The Labute approximate surface area is 156 Å². The molecule has 2 aliphatic heterocycles. The van der Waals surface area contributed by atoms with Crippen LogP contribution in [0.4, 0.5) is 4.79 Å². The number of amides is 3. The molecular formula is C18H21N3O4S. The van der Waals surface area contributed by atoms with E-state index in [2.05, 4.69) is 4.90 Å². The maximum Gasteiger partial charge on any atom is 0.294 e. The van der Waals surface area contributed by atoms with Gasteiger partial charge in [-0.05, 0) is 23.4 Å². The number of rotatable bonds is 5. The zero-order chi connectivity index (χ0) is 18.5. The third-order valence-electron chi connectivity index (χ3n) is 4.41. The Hall–Kier alpha value is -2.16. The third-order valence-corrected chi connectivity index (χ3v) is 5.31. The van der Waals surface area contributed by atoms with Crippen LogP contribution >= 0.6 is 11.8 Å². The molecule has 2 fully saturated rings. The summed E-state index contributed by atoms with van der Waals surface area (Å²) >= 11 is 0.864. The number of piperazine rings is 1. The highest BCUT2D eigenvalue weighted by molar-refractivity contribution is 8.18. The number of thioether (sulfide) groups is 1. The van der Waals surface area contributed by atoms with Gasteiger partial charge >= 0.3 is 0 Å². The lowest BCUT2D eigenvalue weighted by Gasteiger charge is -2.34. The second kappa shape index (κ2) is 8.48. The number of β-amino-alcohol motifs (C(OH)–C–C–N with tert-alkyl or cyclic N) is 1. The molecule has 0 radical (unpaired) electrons. The van der Waals surface area contributed by atoms with Crippen molar-refractivity contribution in [1.82, 2.24) is 14.7 Å². The van der Waals surface area contributed by atoms with Crippen LogP contribution in [0.25, 0.3) is 6.08 Å². The van der Waals surface area contributed by atoms with E-state index in [9.17, 15) is 14.4 Å². The average Bonchev–Trinajstić information content (AvgIpc) is 2.91. The van der Waals surface area contributed by atoms with Crippen LogP contribution in [0.15, 0.2) is 35.2 Å². The fraction of sp³-hybridized carbons (Fsp3) is 0.389. The van der Waals surface area contributed by atoms with Gasteiger partial charge in [0.05, 0.1) is 11.5 Å². The van der Waals surface area contributed by atoms with Crippen molar-refractivity contribution in [3.8, 4) is 0 Å². The standard InChI is InChI=1S/C18H21N3O4S/c22-11-10-19-6-8-20(9-7-19)16(23)13-21-17(24)15(26-18(21)25)12-14-4-2-1-3-5-14/h1-5,12,22H,6-11,13H2/b15-12-. The van der Waals surface area contributed by atoms with Crippen LogP contribution in [-0.4, -0.2) is 82.7 Å². The molecule has 1 aromatic carbocycles. The lowest BCUT2D eigenvalue weighted by atomic mass is 10.2. The number of hydrogen-bond donors (Lipinski definition) is 1. The summed E-state index contributed by atoms with van der Waals surface area (Å²) in [5.41, 5.74) is 0.837. The van der Waals surface area contributed by atoms with E-state index in [0.29, 0.717) is 37.6 Å². The molecule has 0 spiro atoms. The first kappa shape index (κ1) is 18.6.